The first kappa shape index (κ1) is 23.5. The van der Waals surface area contributed by atoms with Crippen LogP contribution in [0.5, 0.6) is 11.5 Å². The first-order chi connectivity index (χ1) is 15.5. The van der Waals surface area contributed by atoms with E-state index < -0.39 is 50.4 Å². The average molecular weight is 481 g/mol. The highest BCUT2D eigenvalue weighted by Crippen LogP contribution is 2.56. The number of ether oxygens (including phenoxy) is 6. The van der Waals surface area contributed by atoms with Crippen LogP contribution in [0.3, 0.4) is 0 Å². The van der Waals surface area contributed by atoms with Crippen molar-refractivity contribution in [3.8, 4) is 11.5 Å². The van der Waals surface area contributed by atoms with Crippen molar-refractivity contribution >= 4 is 8.32 Å². The van der Waals surface area contributed by atoms with Gasteiger partial charge >= 0.3 is 5.97 Å². The van der Waals surface area contributed by atoms with E-state index in [4.69, 9.17) is 32.8 Å². The van der Waals surface area contributed by atoms with Crippen LogP contribution in [0.25, 0.3) is 0 Å². The number of benzene rings is 1. The second kappa shape index (κ2) is 7.91. The van der Waals surface area contributed by atoms with Crippen molar-refractivity contribution in [2.75, 3.05) is 20.3 Å². The summed E-state index contributed by atoms with van der Waals surface area (Å²) in [5.74, 6) is -0.0253. The molecule has 4 saturated heterocycles. The van der Waals surface area contributed by atoms with Gasteiger partial charge < -0.3 is 38.0 Å². The standard InChI is InChI=1S/C24H36O8Si/c1-22(2,3)33(5,6)32-19-18-17(25)20-23(12-7-13-28-23)21(19)31-24(29-18,30-20)14-27-16-10-8-15(26-4)9-11-16/h8-11,17-21,25H,7,12-14H2,1-6H3/t17-,18-,19+,20+,21-,23+,24+/m0/s1. The van der Waals surface area contributed by atoms with Crippen LogP contribution in [-0.4, -0.2) is 75.8 Å². The van der Waals surface area contributed by atoms with E-state index in [0.29, 0.717) is 12.4 Å². The lowest BCUT2D eigenvalue weighted by Crippen LogP contribution is -2.84. The van der Waals surface area contributed by atoms with Crippen molar-refractivity contribution in [1.29, 1.82) is 0 Å². The minimum atomic E-state index is -2.18. The van der Waals surface area contributed by atoms with Gasteiger partial charge in [-0.3, -0.25) is 0 Å². The van der Waals surface area contributed by atoms with Crippen LogP contribution in [0.4, 0.5) is 0 Å². The third kappa shape index (κ3) is 3.73. The molecule has 8 nitrogen and oxygen atoms in total. The Hall–Kier alpha value is -1.20. The predicted octanol–water partition coefficient (Wildman–Crippen LogP) is 3.22. The quantitative estimate of drug-likeness (QED) is 0.622. The molecule has 1 aromatic carbocycles. The largest absolute Gasteiger partial charge is 0.497 e. The van der Waals surface area contributed by atoms with E-state index in [-0.39, 0.29) is 11.6 Å². The molecule has 9 heteroatoms. The Morgan fingerprint density at radius 3 is 2.33 bits per heavy atom. The lowest BCUT2D eigenvalue weighted by atomic mass is 9.71. The van der Waals surface area contributed by atoms with E-state index in [0.717, 1.165) is 18.6 Å². The molecule has 0 amide bonds. The van der Waals surface area contributed by atoms with Crippen molar-refractivity contribution in [2.45, 2.75) is 93.8 Å². The summed E-state index contributed by atoms with van der Waals surface area (Å²) < 4.78 is 43.3. The molecule has 1 spiro atoms. The van der Waals surface area contributed by atoms with Crippen molar-refractivity contribution in [1.82, 2.24) is 0 Å². The summed E-state index contributed by atoms with van der Waals surface area (Å²) in [6.45, 7) is 11.6. The summed E-state index contributed by atoms with van der Waals surface area (Å²) in [6, 6.07) is 7.29. The maximum absolute atomic E-state index is 11.3. The van der Waals surface area contributed by atoms with E-state index in [1.807, 2.05) is 24.3 Å². The molecule has 6 rings (SSSR count). The number of hydrogen-bond acceptors (Lipinski definition) is 8. The first-order valence-corrected chi connectivity index (χ1v) is 14.7. The number of hydrogen-bond donors (Lipinski definition) is 1. The maximum atomic E-state index is 11.3. The normalized spacial score (nSPS) is 39.9. The van der Waals surface area contributed by atoms with E-state index in [2.05, 4.69) is 33.9 Å². The van der Waals surface area contributed by atoms with Gasteiger partial charge in [0.2, 0.25) is 0 Å². The Balaban J connectivity index is 1.41. The molecule has 1 saturated carbocycles. The summed E-state index contributed by atoms with van der Waals surface area (Å²) in [7, 11) is -0.557. The van der Waals surface area contributed by atoms with Gasteiger partial charge in [0.05, 0.1) is 7.11 Å². The number of aliphatic hydroxyl groups is 1. The Morgan fingerprint density at radius 1 is 1.06 bits per heavy atom. The Bertz CT molecular complexity index is 862. The van der Waals surface area contributed by atoms with Crippen LogP contribution in [0, 0.1) is 0 Å². The molecule has 0 radical (unpaired) electrons. The second-order valence-corrected chi connectivity index (χ2v) is 15.8. The highest BCUT2D eigenvalue weighted by atomic mass is 28.4. The summed E-state index contributed by atoms with van der Waals surface area (Å²) in [5, 5.41) is 11.3. The van der Waals surface area contributed by atoms with Crippen molar-refractivity contribution in [2.24, 2.45) is 0 Å². The summed E-state index contributed by atoms with van der Waals surface area (Å²) in [4.78, 5) is 0. The number of methoxy groups -OCH3 is 1. The fourth-order valence-electron chi connectivity index (χ4n) is 5.14. The molecule has 4 aliphatic heterocycles. The van der Waals surface area contributed by atoms with Crippen LogP contribution in [0.2, 0.25) is 18.1 Å². The SMILES string of the molecule is COc1ccc(OC[C@@]23O[C@H]4[C@H](O)[C@@H](O2)[C@]2(CCCO2)[C@@H](O3)[C@@H]4O[Si](C)(C)C(C)(C)C)cc1. The molecule has 5 aliphatic rings. The minimum Gasteiger partial charge on any atom is -0.497 e. The average Bonchev–Trinajstić information content (AvgIpc) is 3.25. The lowest BCUT2D eigenvalue weighted by Gasteiger charge is -2.66. The minimum absolute atomic E-state index is 0.00196. The molecule has 184 valence electrons. The fraction of sp³-hybridized carbons (Fsp3) is 0.750. The van der Waals surface area contributed by atoms with E-state index >= 15 is 0 Å². The molecule has 1 aromatic rings. The van der Waals surface area contributed by atoms with Gasteiger partial charge in [-0.15, -0.1) is 0 Å². The molecule has 1 aliphatic carbocycles. The molecule has 0 unspecified atom stereocenters. The van der Waals surface area contributed by atoms with Crippen molar-refractivity contribution < 1.29 is 38.0 Å². The van der Waals surface area contributed by atoms with Crippen LogP contribution < -0.4 is 9.47 Å². The Morgan fingerprint density at radius 2 is 1.73 bits per heavy atom. The number of rotatable bonds is 6. The topological polar surface area (TPSA) is 84.8 Å². The summed E-state index contributed by atoms with van der Waals surface area (Å²) in [6.07, 6.45) is -1.21. The Kier molecular flexibility index (Phi) is 5.64. The molecule has 0 aromatic heterocycles. The van der Waals surface area contributed by atoms with Gasteiger partial charge in [-0.05, 0) is 55.2 Å². The van der Waals surface area contributed by atoms with E-state index in [1.54, 1.807) is 7.11 Å². The predicted molar refractivity (Wildman–Crippen MR) is 122 cm³/mol. The zero-order chi connectivity index (χ0) is 23.6. The third-order valence-electron chi connectivity index (χ3n) is 7.96. The van der Waals surface area contributed by atoms with Gasteiger partial charge in [-0.1, -0.05) is 20.8 Å². The highest BCUT2D eigenvalue weighted by Gasteiger charge is 2.75. The molecule has 4 bridgehead atoms. The molecular weight excluding hydrogens is 444 g/mol. The summed E-state index contributed by atoms with van der Waals surface area (Å²) >= 11 is 0. The smallest absolute Gasteiger partial charge is 0.320 e. The summed E-state index contributed by atoms with van der Waals surface area (Å²) in [5.41, 5.74) is -0.740. The van der Waals surface area contributed by atoms with E-state index in [1.165, 1.54) is 0 Å². The third-order valence-corrected chi connectivity index (χ3v) is 12.4. The van der Waals surface area contributed by atoms with Crippen LogP contribution >= 0.6 is 0 Å². The first-order valence-electron chi connectivity index (χ1n) is 11.8. The van der Waals surface area contributed by atoms with Gasteiger partial charge in [-0.2, -0.15) is 0 Å². The van der Waals surface area contributed by atoms with Gasteiger partial charge in [-0.25, -0.2) is 0 Å². The van der Waals surface area contributed by atoms with Crippen LogP contribution in [0.1, 0.15) is 33.6 Å². The van der Waals surface area contributed by atoms with Gasteiger partial charge in [0.1, 0.15) is 47.6 Å². The zero-order valence-electron chi connectivity index (χ0n) is 20.3. The van der Waals surface area contributed by atoms with E-state index in [9.17, 15) is 5.11 Å². The van der Waals surface area contributed by atoms with Gasteiger partial charge in [0, 0.05) is 6.61 Å². The molecule has 7 atom stereocenters. The molecule has 1 N–H and O–H groups in total. The molecule has 33 heavy (non-hydrogen) atoms. The monoisotopic (exact) mass is 480 g/mol. The molecule has 5 fully saturated rings. The fourth-order valence-corrected chi connectivity index (χ4v) is 6.43. The molecular formula is C24H36O8Si. The van der Waals surface area contributed by atoms with Crippen molar-refractivity contribution in [3.05, 3.63) is 24.3 Å². The van der Waals surface area contributed by atoms with Gasteiger partial charge in [0.15, 0.2) is 14.9 Å². The number of aliphatic hydroxyl groups excluding tert-OH is 1. The second-order valence-electron chi connectivity index (χ2n) is 11.0. The van der Waals surface area contributed by atoms with Crippen molar-refractivity contribution in [3.63, 3.8) is 0 Å². The lowest BCUT2D eigenvalue weighted by molar-refractivity contribution is -0.553. The van der Waals surface area contributed by atoms with Gasteiger partial charge in [0.25, 0.3) is 0 Å². The van der Waals surface area contributed by atoms with Crippen LogP contribution in [0.15, 0.2) is 24.3 Å². The van der Waals surface area contributed by atoms with Crippen LogP contribution in [-0.2, 0) is 23.4 Å². The molecule has 4 heterocycles. The maximum Gasteiger partial charge on any atom is 0.320 e. The Labute approximate surface area is 196 Å². The highest BCUT2D eigenvalue weighted by molar-refractivity contribution is 6.74. The zero-order valence-corrected chi connectivity index (χ0v) is 21.3.